The smallest absolute Gasteiger partial charge is 0.198 e. The minimum absolute atomic E-state index is 0.449. The zero-order valence-corrected chi connectivity index (χ0v) is 8.60. The zero-order valence-electron chi connectivity index (χ0n) is 8.60. The molecule has 0 spiro atoms. The molecule has 1 aliphatic carbocycles. The summed E-state index contributed by atoms with van der Waals surface area (Å²) in [5.41, 5.74) is 2.56. The van der Waals surface area contributed by atoms with Crippen molar-refractivity contribution >= 4 is 11.1 Å². The van der Waals surface area contributed by atoms with Crippen LogP contribution in [0, 0.1) is 0 Å². The number of hydrogen-bond acceptors (Lipinski definition) is 3. The van der Waals surface area contributed by atoms with E-state index in [1.807, 2.05) is 18.2 Å². The SMILES string of the molecule is CC(O)c1ccc2oc(C3CC3)nc2c1. The number of aliphatic hydroxyl groups excluding tert-OH is 1. The summed E-state index contributed by atoms with van der Waals surface area (Å²) in [6, 6.07) is 5.67. The van der Waals surface area contributed by atoms with Crippen molar-refractivity contribution < 1.29 is 9.52 Å². The van der Waals surface area contributed by atoms with Gasteiger partial charge in [0.1, 0.15) is 5.52 Å². The van der Waals surface area contributed by atoms with Gasteiger partial charge in [0.05, 0.1) is 6.10 Å². The summed E-state index contributed by atoms with van der Waals surface area (Å²) in [7, 11) is 0. The van der Waals surface area contributed by atoms with E-state index in [1.54, 1.807) is 6.92 Å². The van der Waals surface area contributed by atoms with Gasteiger partial charge in [-0.1, -0.05) is 6.07 Å². The van der Waals surface area contributed by atoms with Crippen LogP contribution in [0.1, 0.15) is 43.2 Å². The van der Waals surface area contributed by atoms with Gasteiger partial charge >= 0.3 is 0 Å². The molecule has 3 nitrogen and oxygen atoms in total. The van der Waals surface area contributed by atoms with Crippen LogP contribution in [-0.2, 0) is 0 Å². The fourth-order valence-corrected chi connectivity index (χ4v) is 1.73. The minimum Gasteiger partial charge on any atom is -0.440 e. The van der Waals surface area contributed by atoms with Crippen molar-refractivity contribution in [3.63, 3.8) is 0 Å². The van der Waals surface area contributed by atoms with E-state index in [2.05, 4.69) is 4.98 Å². The van der Waals surface area contributed by atoms with Gasteiger partial charge < -0.3 is 9.52 Å². The van der Waals surface area contributed by atoms with Gasteiger partial charge in [0.2, 0.25) is 0 Å². The second-order valence-corrected chi connectivity index (χ2v) is 4.23. The highest BCUT2D eigenvalue weighted by Crippen LogP contribution is 2.40. The molecule has 0 amide bonds. The van der Waals surface area contributed by atoms with Gasteiger partial charge in [-0.05, 0) is 37.5 Å². The third-order valence-corrected chi connectivity index (χ3v) is 2.84. The Bertz CT molecular complexity index is 497. The van der Waals surface area contributed by atoms with Crippen molar-refractivity contribution in [3.8, 4) is 0 Å². The number of rotatable bonds is 2. The lowest BCUT2D eigenvalue weighted by molar-refractivity contribution is 0.199. The number of oxazole rings is 1. The highest BCUT2D eigenvalue weighted by atomic mass is 16.3. The average Bonchev–Trinajstić information content (AvgIpc) is 2.97. The molecule has 1 aromatic carbocycles. The van der Waals surface area contributed by atoms with E-state index in [9.17, 15) is 5.11 Å². The summed E-state index contributed by atoms with van der Waals surface area (Å²) in [5, 5.41) is 9.45. The molecular weight excluding hydrogens is 190 g/mol. The highest BCUT2D eigenvalue weighted by Gasteiger charge is 2.28. The molecular formula is C12H13NO2. The van der Waals surface area contributed by atoms with E-state index in [1.165, 1.54) is 12.8 Å². The molecule has 0 saturated heterocycles. The number of aliphatic hydroxyl groups is 1. The molecule has 0 bridgehead atoms. The Hall–Kier alpha value is -1.35. The van der Waals surface area contributed by atoms with Crippen LogP contribution in [0.2, 0.25) is 0 Å². The summed E-state index contributed by atoms with van der Waals surface area (Å²) < 4.78 is 5.63. The van der Waals surface area contributed by atoms with Gasteiger partial charge in [-0.2, -0.15) is 0 Å². The fourth-order valence-electron chi connectivity index (χ4n) is 1.73. The molecule has 3 rings (SSSR count). The Morgan fingerprint density at radius 1 is 1.47 bits per heavy atom. The van der Waals surface area contributed by atoms with Crippen molar-refractivity contribution in [1.82, 2.24) is 4.98 Å². The van der Waals surface area contributed by atoms with Crippen molar-refractivity contribution in [1.29, 1.82) is 0 Å². The van der Waals surface area contributed by atoms with Crippen molar-refractivity contribution in [2.24, 2.45) is 0 Å². The Kier molecular flexibility index (Phi) is 1.83. The number of hydrogen-bond donors (Lipinski definition) is 1. The maximum Gasteiger partial charge on any atom is 0.198 e. The molecule has 0 radical (unpaired) electrons. The Balaban J connectivity index is 2.09. The first-order valence-corrected chi connectivity index (χ1v) is 5.32. The van der Waals surface area contributed by atoms with Gasteiger partial charge in [-0.15, -0.1) is 0 Å². The molecule has 1 N–H and O–H groups in total. The first kappa shape index (κ1) is 8.92. The van der Waals surface area contributed by atoms with Crippen LogP contribution in [0.25, 0.3) is 11.1 Å². The summed E-state index contributed by atoms with van der Waals surface area (Å²) >= 11 is 0. The molecule has 78 valence electrons. The monoisotopic (exact) mass is 203 g/mol. The minimum atomic E-state index is -0.449. The zero-order chi connectivity index (χ0) is 10.4. The Labute approximate surface area is 87.7 Å². The van der Waals surface area contributed by atoms with E-state index in [0.717, 1.165) is 22.6 Å². The van der Waals surface area contributed by atoms with Gasteiger partial charge in [0.25, 0.3) is 0 Å². The molecule has 1 unspecified atom stereocenters. The Morgan fingerprint density at radius 2 is 2.27 bits per heavy atom. The van der Waals surface area contributed by atoms with E-state index in [0.29, 0.717) is 5.92 Å². The van der Waals surface area contributed by atoms with Crippen LogP contribution in [0.4, 0.5) is 0 Å². The molecule has 1 aliphatic rings. The summed E-state index contributed by atoms with van der Waals surface area (Å²) in [4.78, 5) is 4.44. The summed E-state index contributed by atoms with van der Waals surface area (Å²) in [6.45, 7) is 1.75. The van der Waals surface area contributed by atoms with Crippen molar-refractivity contribution in [3.05, 3.63) is 29.7 Å². The summed E-state index contributed by atoms with van der Waals surface area (Å²) in [5.74, 6) is 1.39. The quantitative estimate of drug-likeness (QED) is 0.816. The largest absolute Gasteiger partial charge is 0.440 e. The topological polar surface area (TPSA) is 46.3 Å². The molecule has 0 aliphatic heterocycles. The van der Waals surface area contributed by atoms with Crippen LogP contribution in [0.3, 0.4) is 0 Å². The van der Waals surface area contributed by atoms with E-state index < -0.39 is 6.10 Å². The molecule has 1 fully saturated rings. The normalized spacial score (nSPS) is 18.3. The maximum absolute atomic E-state index is 9.45. The average molecular weight is 203 g/mol. The van der Waals surface area contributed by atoms with Crippen LogP contribution < -0.4 is 0 Å². The molecule has 15 heavy (non-hydrogen) atoms. The van der Waals surface area contributed by atoms with Crippen molar-refractivity contribution in [2.75, 3.05) is 0 Å². The number of fused-ring (bicyclic) bond motifs is 1. The molecule has 1 aromatic heterocycles. The summed E-state index contributed by atoms with van der Waals surface area (Å²) in [6.07, 6.45) is 1.93. The van der Waals surface area contributed by atoms with Gasteiger partial charge in [0, 0.05) is 5.92 Å². The van der Waals surface area contributed by atoms with Crippen LogP contribution >= 0.6 is 0 Å². The third-order valence-electron chi connectivity index (χ3n) is 2.84. The lowest BCUT2D eigenvalue weighted by Crippen LogP contribution is -1.89. The van der Waals surface area contributed by atoms with Gasteiger partial charge in [0.15, 0.2) is 11.5 Å². The second-order valence-electron chi connectivity index (χ2n) is 4.23. The maximum atomic E-state index is 9.45. The third kappa shape index (κ3) is 1.53. The number of benzene rings is 1. The van der Waals surface area contributed by atoms with E-state index >= 15 is 0 Å². The predicted molar refractivity (Wildman–Crippen MR) is 56.6 cm³/mol. The lowest BCUT2D eigenvalue weighted by Gasteiger charge is -2.01. The van der Waals surface area contributed by atoms with E-state index in [-0.39, 0.29) is 0 Å². The van der Waals surface area contributed by atoms with Crippen LogP contribution in [0.5, 0.6) is 0 Å². The second kappa shape index (κ2) is 3.07. The molecule has 2 aromatic rings. The first-order chi connectivity index (χ1) is 7.24. The molecule has 1 heterocycles. The predicted octanol–water partition coefficient (Wildman–Crippen LogP) is 2.76. The first-order valence-electron chi connectivity index (χ1n) is 5.32. The standard InChI is InChI=1S/C12H13NO2/c1-7(14)9-4-5-11-10(6-9)13-12(15-11)8-2-3-8/h4-8,14H,2-3H2,1H3. The van der Waals surface area contributed by atoms with E-state index in [4.69, 9.17) is 4.42 Å². The number of nitrogens with zero attached hydrogens (tertiary/aromatic N) is 1. The fraction of sp³-hybridized carbons (Fsp3) is 0.417. The highest BCUT2D eigenvalue weighted by molar-refractivity contribution is 5.73. The van der Waals surface area contributed by atoms with Gasteiger partial charge in [-0.3, -0.25) is 0 Å². The molecule has 3 heteroatoms. The molecule has 1 saturated carbocycles. The lowest BCUT2D eigenvalue weighted by atomic mass is 10.1. The molecule has 1 atom stereocenters. The van der Waals surface area contributed by atoms with Crippen molar-refractivity contribution in [2.45, 2.75) is 31.8 Å². The van der Waals surface area contributed by atoms with Crippen LogP contribution in [-0.4, -0.2) is 10.1 Å². The van der Waals surface area contributed by atoms with Gasteiger partial charge in [-0.25, -0.2) is 4.98 Å². The number of aromatic nitrogens is 1. The van der Waals surface area contributed by atoms with Crippen LogP contribution in [0.15, 0.2) is 22.6 Å². The Morgan fingerprint density at radius 3 is 2.93 bits per heavy atom.